The molecule has 8 N–H and O–H groups in total. The average molecular weight is 510 g/mol. The van der Waals surface area contributed by atoms with Crippen LogP contribution in [0.15, 0.2) is 24.3 Å². The van der Waals surface area contributed by atoms with E-state index in [9.17, 15) is 29.4 Å². The summed E-state index contributed by atoms with van der Waals surface area (Å²) in [6.45, 7) is 0.692. The molecule has 194 valence electrons. The summed E-state index contributed by atoms with van der Waals surface area (Å²) in [6, 6.07) is 2.27. The van der Waals surface area contributed by atoms with Crippen molar-refractivity contribution in [3.8, 4) is 5.75 Å². The predicted octanol–water partition coefficient (Wildman–Crippen LogP) is -0.634. The third-order valence-corrected chi connectivity index (χ3v) is 6.32. The number of carboxylic acids is 1. The third kappa shape index (κ3) is 8.41. The summed E-state index contributed by atoms with van der Waals surface area (Å²) in [5.41, 5.74) is 11.9. The van der Waals surface area contributed by atoms with E-state index in [1.807, 2.05) is 0 Å². The van der Waals surface area contributed by atoms with Gasteiger partial charge in [0.2, 0.25) is 17.7 Å². The SMILES string of the molecule is NCCCCC(NC(=O)C(N)CS)C(=O)NC(Cc1ccc(O)cc1)C(=O)N1CCCC1C(=O)O. The topological polar surface area (TPSA) is 188 Å². The molecule has 1 saturated heterocycles. The maximum absolute atomic E-state index is 13.4. The molecule has 3 amide bonds. The van der Waals surface area contributed by atoms with Gasteiger partial charge in [-0.15, -0.1) is 0 Å². The Bertz CT molecular complexity index is 884. The summed E-state index contributed by atoms with van der Waals surface area (Å²) in [4.78, 5) is 51.9. The van der Waals surface area contributed by atoms with E-state index in [4.69, 9.17) is 11.5 Å². The Labute approximate surface area is 210 Å². The molecular weight excluding hydrogens is 474 g/mol. The Balaban J connectivity index is 2.25. The number of likely N-dealkylation sites (tertiary alicyclic amines) is 1. The van der Waals surface area contributed by atoms with Gasteiger partial charge in [-0.25, -0.2) is 4.79 Å². The number of aromatic hydroxyl groups is 1. The van der Waals surface area contributed by atoms with Crippen molar-refractivity contribution in [3.05, 3.63) is 29.8 Å². The molecule has 1 aliphatic rings. The Morgan fingerprint density at radius 2 is 1.74 bits per heavy atom. The van der Waals surface area contributed by atoms with E-state index in [-0.39, 0.29) is 30.9 Å². The maximum Gasteiger partial charge on any atom is 0.326 e. The second-order valence-corrected chi connectivity index (χ2v) is 8.96. The van der Waals surface area contributed by atoms with Crippen LogP contribution in [0.1, 0.15) is 37.7 Å². The number of nitrogens with two attached hydrogens (primary N) is 2. The zero-order valence-corrected chi connectivity index (χ0v) is 20.5. The minimum absolute atomic E-state index is 0.0503. The molecule has 1 aromatic rings. The van der Waals surface area contributed by atoms with Gasteiger partial charge in [0.15, 0.2) is 0 Å². The molecule has 0 aromatic heterocycles. The highest BCUT2D eigenvalue weighted by atomic mass is 32.1. The first-order chi connectivity index (χ1) is 16.7. The van der Waals surface area contributed by atoms with Gasteiger partial charge in [-0.05, 0) is 56.3 Å². The van der Waals surface area contributed by atoms with Crippen molar-refractivity contribution >= 4 is 36.3 Å². The van der Waals surface area contributed by atoms with E-state index >= 15 is 0 Å². The van der Waals surface area contributed by atoms with Crippen LogP contribution in [-0.2, 0) is 25.6 Å². The molecule has 1 heterocycles. The molecule has 1 aromatic carbocycles. The molecule has 12 heteroatoms. The number of carbonyl (C=O) groups is 4. The summed E-state index contributed by atoms with van der Waals surface area (Å²) >= 11 is 4.02. The van der Waals surface area contributed by atoms with Crippen LogP contribution in [0.25, 0.3) is 0 Å². The number of carbonyl (C=O) groups excluding carboxylic acids is 3. The Kier molecular flexibility index (Phi) is 11.3. The normalized spacial score (nSPS) is 17.9. The summed E-state index contributed by atoms with van der Waals surface area (Å²) < 4.78 is 0. The van der Waals surface area contributed by atoms with E-state index < -0.39 is 47.9 Å². The largest absolute Gasteiger partial charge is 0.508 e. The van der Waals surface area contributed by atoms with E-state index in [1.54, 1.807) is 12.1 Å². The molecule has 1 fully saturated rings. The first kappa shape index (κ1) is 28.4. The van der Waals surface area contributed by atoms with Crippen LogP contribution in [0.4, 0.5) is 0 Å². The summed E-state index contributed by atoms with van der Waals surface area (Å²) in [5, 5.41) is 24.4. The third-order valence-electron chi connectivity index (χ3n) is 5.93. The van der Waals surface area contributed by atoms with Gasteiger partial charge in [0, 0.05) is 18.7 Å². The van der Waals surface area contributed by atoms with E-state index in [0.717, 1.165) is 0 Å². The molecule has 2 rings (SSSR count). The summed E-state index contributed by atoms with van der Waals surface area (Å²) in [6.07, 6.45) is 2.45. The second-order valence-electron chi connectivity index (χ2n) is 8.59. The van der Waals surface area contributed by atoms with Crippen molar-refractivity contribution in [2.24, 2.45) is 11.5 Å². The second kappa shape index (κ2) is 13.9. The number of hydrogen-bond acceptors (Lipinski definition) is 8. The first-order valence-corrected chi connectivity index (χ1v) is 12.3. The molecule has 11 nitrogen and oxygen atoms in total. The Morgan fingerprint density at radius 3 is 2.34 bits per heavy atom. The van der Waals surface area contributed by atoms with Crippen LogP contribution in [0.3, 0.4) is 0 Å². The number of nitrogens with one attached hydrogen (secondary N) is 2. The van der Waals surface area contributed by atoms with E-state index in [1.165, 1.54) is 17.0 Å². The molecule has 4 unspecified atom stereocenters. The number of hydrogen-bond donors (Lipinski definition) is 7. The lowest BCUT2D eigenvalue weighted by molar-refractivity contribution is -0.149. The number of nitrogens with zero attached hydrogens (tertiary/aromatic N) is 1. The average Bonchev–Trinajstić information content (AvgIpc) is 3.33. The Morgan fingerprint density at radius 1 is 1.09 bits per heavy atom. The lowest BCUT2D eigenvalue weighted by Crippen LogP contribution is -2.57. The molecule has 0 aliphatic carbocycles. The van der Waals surface area contributed by atoms with Gasteiger partial charge in [-0.3, -0.25) is 14.4 Å². The van der Waals surface area contributed by atoms with Gasteiger partial charge < -0.3 is 37.2 Å². The van der Waals surface area contributed by atoms with Crippen molar-refractivity contribution in [1.29, 1.82) is 0 Å². The molecule has 35 heavy (non-hydrogen) atoms. The van der Waals surface area contributed by atoms with Crippen molar-refractivity contribution in [3.63, 3.8) is 0 Å². The number of carboxylic acid groups (broad SMARTS) is 1. The first-order valence-electron chi connectivity index (χ1n) is 11.7. The molecule has 0 spiro atoms. The van der Waals surface area contributed by atoms with Gasteiger partial charge in [0.25, 0.3) is 0 Å². The monoisotopic (exact) mass is 509 g/mol. The van der Waals surface area contributed by atoms with Crippen molar-refractivity contribution < 1.29 is 29.4 Å². The number of benzene rings is 1. The fourth-order valence-electron chi connectivity index (χ4n) is 3.95. The number of rotatable bonds is 13. The van der Waals surface area contributed by atoms with Gasteiger partial charge in [-0.1, -0.05) is 12.1 Å². The molecular formula is C23H35N5O6S. The van der Waals surface area contributed by atoms with Gasteiger partial charge in [0.05, 0.1) is 6.04 Å². The van der Waals surface area contributed by atoms with Crippen LogP contribution in [0.2, 0.25) is 0 Å². The standard InChI is InChI=1S/C23H35N5O6S/c24-10-2-1-4-17(26-20(30)16(25)13-35)21(31)27-18(12-14-6-8-15(29)9-7-14)22(32)28-11-3-5-19(28)23(33)34/h6-9,16-19,29,35H,1-5,10-13,24-25H2,(H,26,30)(H,27,31)(H,33,34). The number of aliphatic carboxylic acids is 1. The predicted molar refractivity (Wildman–Crippen MR) is 133 cm³/mol. The summed E-state index contributed by atoms with van der Waals surface area (Å²) in [7, 11) is 0. The highest BCUT2D eigenvalue weighted by Crippen LogP contribution is 2.20. The number of unbranched alkanes of at least 4 members (excludes halogenated alkanes) is 1. The fourth-order valence-corrected chi connectivity index (χ4v) is 4.12. The lowest BCUT2D eigenvalue weighted by atomic mass is 10.0. The lowest BCUT2D eigenvalue weighted by Gasteiger charge is -2.29. The van der Waals surface area contributed by atoms with Crippen molar-refractivity contribution in [2.75, 3.05) is 18.8 Å². The highest BCUT2D eigenvalue weighted by Gasteiger charge is 2.38. The number of phenolic OH excluding ortho intramolecular Hbond substituents is 1. The summed E-state index contributed by atoms with van der Waals surface area (Å²) in [5.74, 6) is -2.59. The smallest absolute Gasteiger partial charge is 0.326 e. The molecule has 0 saturated carbocycles. The molecule has 0 radical (unpaired) electrons. The minimum Gasteiger partial charge on any atom is -0.508 e. The zero-order valence-electron chi connectivity index (χ0n) is 19.6. The quantitative estimate of drug-likeness (QED) is 0.135. The van der Waals surface area contributed by atoms with Gasteiger partial charge in [0.1, 0.15) is 23.9 Å². The molecule has 1 aliphatic heterocycles. The van der Waals surface area contributed by atoms with Crippen LogP contribution >= 0.6 is 12.6 Å². The fraction of sp³-hybridized carbons (Fsp3) is 0.565. The number of thiol groups is 1. The zero-order chi connectivity index (χ0) is 26.0. The van der Waals surface area contributed by atoms with Gasteiger partial charge in [-0.2, -0.15) is 12.6 Å². The number of phenols is 1. The van der Waals surface area contributed by atoms with E-state index in [0.29, 0.717) is 37.8 Å². The van der Waals surface area contributed by atoms with Gasteiger partial charge >= 0.3 is 5.97 Å². The van der Waals surface area contributed by atoms with Crippen LogP contribution in [-0.4, -0.2) is 81.8 Å². The highest BCUT2D eigenvalue weighted by molar-refractivity contribution is 7.80. The van der Waals surface area contributed by atoms with E-state index in [2.05, 4.69) is 23.3 Å². The van der Waals surface area contributed by atoms with Crippen LogP contribution in [0.5, 0.6) is 5.75 Å². The van der Waals surface area contributed by atoms with Crippen molar-refractivity contribution in [2.45, 2.75) is 62.7 Å². The maximum atomic E-state index is 13.4. The minimum atomic E-state index is -1.10. The van der Waals surface area contributed by atoms with Crippen molar-refractivity contribution in [1.82, 2.24) is 15.5 Å². The number of amides is 3. The molecule has 4 atom stereocenters. The molecule has 0 bridgehead atoms. The van der Waals surface area contributed by atoms with Crippen LogP contribution < -0.4 is 22.1 Å². The Hall–Kier alpha value is -2.83. The van der Waals surface area contributed by atoms with Crippen LogP contribution in [0, 0.1) is 0 Å².